The van der Waals surface area contributed by atoms with E-state index in [4.69, 9.17) is 33.5 Å². The summed E-state index contributed by atoms with van der Waals surface area (Å²) in [6, 6.07) is -1.13. The molecule has 15 atom stereocenters. The molecule has 1 saturated carbocycles. The van der Waals surface area contributed by atoms with Gasteiger partial charge in [0.2, 0.25) is 5.79 Å². The molecule has 1 aliphatic carbocycles. The number of allylic oxidation sites excluding steroid dienone is 6. The van der Waals surface area contributed by atoms with Crippen molar-refractivity contribution in [1.29, 1.82) is 0 Å². The number of aliphatic hydroxyl groups is 3. The Labute approximate surface area is 515 Å². The highest BCUT2D eigenvalue weighted by Gasteiger charge is 2.53. The summed E-state index contributed by atoms with van der Waals surface area (Å²) in [4.78, 5) is 72.3. The van der Waals surface area contributed by atoms with E-state index in [-0.39, 0.29) is 60.9 Å². The van der Waals surface area contributed by atoms with E-state index in [9.17, 15) is 34.2 Å². The lowest BCUT2D eigenvalue weighted by molar-refractivity contribution is -0.265. The lowest BCUT2D eigenvalue weighted by Crippen LogP contribution is -2.61. The molecule has 3 aliphatic heterocycles. The molecule has 2 bridgehead atoms. The number of nitrogens with zero attached hydrogens (tertiary/aromatic N) is 1. The van der Waals surface area contributed by atoms with Crippen molar-refractivity contribution in [2.75, 3.05) is 54.4 Å². The molecule has 4 rings (SSSR count). The van der Waals surface area contributed by atoms with Crippen LogP contribution in [0.1, 0.15) is 158 Å². The van der Waals surface area contributed by atoms with Gasteiger partial charge < -0.3 is 48.6 Å². The van der Waals surface area contributed by atoms with Gasteiger partial charge in [0, 0.05) is 80.5 Å². The van der Waals surface area contributed by atoms with E-state index in [0.29, 0.717) is 63.7 Å². The Morgan fingerprint density at radius 3 is 2.10 bits per heavy atom. The minimum absolute atomic E-state index is 0.0166. The molecule has 0 radical (unpaired) electrons. The smallest absolute Gasteiger partial charge is 0.329 e. The van der Waals surface area contributed by atoms with Crippen LogP contribution in [0.15, 0.2) is 47.6 Å². The number of Topliss-reactive ketones (excluding diaryl/α,β-unsaturated/α-hetero) is 3. The highest BCUT2D eigenvalue weighted by atomic mass is 127. The molecule has 3 fully saturated rings. The lowest BCUT2D eigenvalue weighted by atomic mass is 9.78. The zero-order chi connectivity index (χ0) is 59.2. The second kappa shape index (κ2) is 40.2. The molecule has 3 N–H and O–H groups in total. The molecular weight excluding hydrogens is 1350 g/mol. The molecule has 0 spiro atoms. The van der Waals surface area contributed by atoms with Gasteiger partial charge in [-0.3, -0.25) is 19.2 Å². The Hall–Kier alpha value is -1.22. The van der Waals surface area contributed by atoms with Crippen LogP contribution < -0.4 is 0 Å². The molecular formula is C61H100I3NO14. The van der Waals surface area contributed by atoms with Gasteiger partial charge in [0.05, 0.1) is 24.4 Å². The third-order valence-electron chi connectivity index (χ3n) is 15.8. The summed E-state index contributed by atoms with van der Waals surface area (Å²) >= 11 is 6.96. The molecule has 454 valence electrons. The Bertz CT molecular complexity index is 1940. The summed E-state index contributed by atoms with van der Waals surface area (Å²) in [5.74, 6) is -7.71. The van der Waals surface area contributed by atoms with Gasteiger partial charge in [-0.1, -0.05) is 152 Å². The van der Waals surface area contributed by atoms with Crippen molar-refractivity contribution >= 4 is 97.0 Å². The van der Waals surface area contributed by atoms with E-state index >= 15 is 0 Å². The van der Waals surface area contributed by atoms with Crippen LogP contribution in [0.5, 0.6) is 0 Å². The van der Waals surface area contributed by atoms with Crippen LogP contribution in [0.2, 0.25) is 0 Å². The van der Waals surface area contributed by atoms with Gasteiger partial charge in [-0.25, -0.2) is 4.79 Å². The van der Waals surface area contributed by atoms with Crippen molar-refractivity contribution in [2.24, 2.45) is 35.5 Å². The van der Waals surface area contributed by atoms with Crippen LogP contribution in [-0.2, 0) is 52.4 Å². The minimum atomic E-state index is -2.42. The number of piperidine rings is 1. The molecule has 15 nitrogen and oxygen atoms in total. The number of cyclic esters (lactones) is 1. The second-order valence-electron chi connectivity index (χ2n) is 22.3. The Morgan fingerprint density at radius 1 is 0.810 bits per heavy atom. The van der Waals surface area contributed by atoms with Crippen LogP contribution in [0.4, 0.5) is 0 Å². The van der Waals surface area contributed by atoms with Crippen molar-refractivity contribution in [1.82, 2.24) is 4.90 Å². The summed E-state index contributed by atoms with van der Waals surface area (Å²) in [6.45, 7) is 16.1. The largest absolute Gasteiger partial charge is 0.460 e. The molecule has 0 aromatic rings. The van der Waals surface area contributed by atoms with Gasteiger partial charge in [-0.05, 0) is 131 Å². The molecule has 79 heavy (non-hydrogen) atoms. The van der Waals surface area contributed by atoms with Crippen LogP contribution in [0.25, 0.3) is 0 Å². The van der Waals surface area contributed by atoms with Crippen LogP contribution in [0.3, 0.4) is 0 Å². The summed E-state index contributed by atoms with van der Waals surface area (Å²) in [5, 5.41) is 31.6. The molecule has 0 aromatic carbocycles. The maximum absolute atomic E-state index is 14.5. The Balaban J connectivity index is 0.00000195. The molecule has 18 heteroatoms. The van der Waals surface area contributed by atoms with E-state index in [1.807, 2.05) is 58.1 Å². The summed E-state index contributed by atoms with van der Waals surface area (Å²) in [5.41, 5.74) is 1.29. The zero-order valence-corrected chi connectivity index (χ0v) is 56.0. The molecule has 4 aliphatic rings. The van der Waals surface area contributed by atoms with Gasteiger partial charge in [0.25, 0.3) is 11.7 Å². The molecule has 0 aromatic heterocycles. The van der Waals surface area contributed by atoms with E-state index in [0.717, 1.165) is 46.5 Å². The SMILES string of the molecule is CCCCI.CO[C@H]1C[C@@H]2CC[C@@H](C)[C@@](O)(O2)C(=O)C(=O)N2CCCC[C@H]2C(=O)O[C@H]([C@H](C)C[C@@H]2CC[C@@H](OCCCI)[C@H](OC)C2)CC(=O)[C@H](C)/C=C(\C)[C@@H](O)[C@@H](OC)C(=O)[C@H](C)C[C@H](C)/C=C/C=CC=C1C.OCCCI. The first kappa shape index (κ1) is 73.9. The van der Waals surface area contributed by atoms with Gasteiger partial charge in [-0.2, -0.15) is 0 Å². The molecule has 0 unspecified atom stereocenters. The first-order valence-corrected chi connectivity index (χ1v) is 33.6. The number of methoxy groups -OCH3 is 3. The summed E-state index contributed by atoms with van der Waals surface area (Å²) in [6.07, 6.45) is 17.4. The normalized spacial score (nSPS) is 33.9. The number of hydrogen-bond acceptors (Lipinski definition) is 14. The fourth-order valence-electron chi connectivity index (χ4n) is 10.8. The van der Waals surface area contributed by atoms with Crippen molar-refractivity contribution in [3.63, 3.8) is 0 Å². The van der Waals surface area contributed by atoms with Crippen LogP contribution >= 0.6 is 67.8 Å². The zero-order valence-electron chi connectivity index (χ0n) is 49.5. The van der Waals surface area contributed by atoms with Gasteiger partial charge in [0.15, 0.2) is 5.78 Å². The predicted molar refractivity (Wildman–Crippen MR) is 337 cm³/mol. The first-order chi connectivity index (χ1) is 37.6. The minimum Gasteiger partial charge on any atom is -0.460 e. The number of amides is 1. The number of alkyl halides is 3. The van der Waals surface area contributed by atoms with Gasteiger partial charge in [0.1, 0.15) is 30.1 Å². The quantitative estimate of drug-likeness (QED) is 0.0370. The number of aliphatic hydroxyl groups excluding tert-OH is 2. The van der Waals surface area contributed by atoms with Crippen molar-refractivity contribution in [3.8, 4) is 0 Å². The summed E-state index contributed by atoms with van der Waals surface area (Å²) < 4.78 is 39.5. The number of ether oxygens (including phenoxy) is 6. The van der Waals surface area contributed by atoms with Crippen molar-refractivity contribution in [2.45, 2.75) is 213 Å². The number of rotatable bonds is 14. The van der Waals surface area contributed by atoms with E-state index in [1.54, 1.807) is 41.1 Å². The predicted octanol–water partition coefficient (Wildman–Crippen LogP) is 11.1. The number of halogens is 3. The fraction of sp³-hybridized carbons (Fsp3) is 0.787. The third-order valence-corrected chi connectivity index (χ3v) is 18.1. The number of hydrogen-bond donors (Lipinski definition) is 3. The maximum Gasteiger partial charge on any atom is 0.329 e. The van der Waals surface area contributed by atoms with E-state index in [1.165, 1.54) is 29.3 Å². The van der Waals surface area contributed by atoms with Crippen LogP contribution in [-0.4, -0.2) is 158 Å². The Kier molecular flexibility index (Phi) is 37.6. The number of esters is 1. The number of carbonyl (C=O) groups excluding carboxylic acids is 5. The maximum atomic E-state index is 14.5. The standard InChI is InChI=1S/C54H84INO13.C4H9I.C3H7IO/c1-33-17-12-11-13-18-34(2)45(64-8)31-41-22-20-39(7)54(63,69-41)51(60)52(61)56-25-15-14-19-42(56)53(62)68-46(36(4)29-40-21-23-44(47(30-40)65-9)67-26-16-24-55)32-43(57)35(3)28-38(6)49(59)50(66-10)48(58)37(5)27-33;1-2-3-4-5;4-2-1-3-5/h11-13,17-18,28,33,35-37,39-42,44-47,49-50,59,63H,14-16,19-27,29-32H2,1-10H3;2-4H2,1H3;5H,1-3H2/b13-11?,17-12+,34-18?,38-28+;;/t33-,35-,36-,37-,39-,40+,41+,42+,44-,45+,46+,47-,49-,50+,54-;;/m1../s1. The second-order valence-corrected chi connectivity index (χ2v) is 25.5. The molecule has 1 amide bonds. The Morgan fingerprint density at radius 2 is 1.51 bits per heavy atom. The number of carbonyl (C=O) groups is 5. The van der Waals surface area contributed by atoms with Gasteiger partial charge in [-0.15, -0.1) is 0 Å². The van der Waals surface area contributed by atoms with E-state index < -0.39 is 77.8 Å². The van der Waals surface area contributed by atoms with Gasteiger partial charge >= 0.3 is 5.97 Å². The third kappa shape index (κ3) is 24.7. The van der Waals surface area contributed by atoms with Crippen molar-refractivity contribution < 1.29 is 67.7 Å². The summed E-state index contributed by atoms with van der Waals surface area (Å²) in [7, 11) is 4.67. The molecule has 3 heterocycles. The fourth-order valence-corrected chi connectivity index (χ4v) is 12.2. The van der Waals surface area contributed by atoms with Crippen LogP contribution in [0, 0.1) is 35.5 Å². The molecule has 2 saturated heterocycles. The number of ketones is 3. The van der Waals surface area contributed by atoms with E-state index in [2.05, 4.69) is 74.7 Å². The highest BCUT2D eigenvalue weighted by molar-refractivity contribution is 14.1. The highest BCUT2D eigenvalue weighted by Crippen LogP contribution is 2.38. The average molecular weight is 1450 g/mol. The monoisotopic (exact) mass is 1450 g/mol. The lowest BCUT2D eigenvalue weighted by Gasteiger charge is -2.42. The number of fused-ring (bicyclic) bond motifs is 3. The number of unbranched alkanes of at least 4 members (excludes halogenated alkanes) is 1. The topological polar surface area (TPSA) is 205 Å². The van der Waals surface area contributed by atoms with Crippen molar-refractivity contribution in [3.05, 3.63) is 47.6 Å². The average Bonchev–Trinajstić information content (AvgIpc) is 3.51. The first-order valence-electron chi connectivity index (χ1n) is 29.0.